The van der Waals surface area contributed by atoms with Crippen LogP contribution in [0.4, 0.5) is 5.69 Å². The molecular formula is C20H23N3O9S. The van der Waals surface area contributed by atoms with Gasteiger partial charge in [0.05, 0.1) is 12.0 Å². The molecule has 0 radical (unpaired) electrons. The van der Waals surface area contributed by atoms with Crippen molar-refractivity contribution in [2.24, 2.45) is 0 Å². The molecule has 0 bridgehead atoms. The first-order chi connectivity index (χ1) is 15.6. The summed E-state index contributed by atoms with van der Waals surface area (Å²) in [4.78, 5) is 30.6. The van der Waals surface area contributed by atoms with Crippen LogP contribution < -0.4 is 4.74 Å². The van der Waals surface area contributed by atoms with E-state index in [1.807, 2.05) is 24.3 Å². The van der Waals surface area contributed by atoms with Gasteiger partial charge in [-0.3, -0.25) is 15.0 Å². The molecule has 1 aliphatic rings. The lowest BCUT2D eigenvalue weighted by Crippen LogP contribution is -2.48. The number of para-hydroxylation sites is 1. The zero-order valence-electron chi connectivity index (χ0n) is 17.7. The van der Waals surface area contributed by atoms with Crippen LogP contribution in [0.15, 0.2) is 53.4 Å². The van der Waals surface area contributed by atoms with E-state index in [4.69, 9.17) is 24.5 Å². The molecule has 0 aliphatic carbocycles. The van der Waals surface area contributed by atoms with E-state index >= 15 is 0 Å². The summed E-state index contributed by atoms with van der Waals surface area (Å²) in [7, 11) is -2.28. The van der Waals surface area contributed by atoms with Gasteiger partial charge in [-0.05, 0) is 23.8 Å². The van der Waals surface area contributed by atoms with E-state index in [1.165, 1.54) is 28.6 Å². The van der Waals surface area contributed by atoms with Gasteiger partial charge in [-0.1, -0.05) is 24.3 Å². The summed E-state index contributed by atoms with van der Waals surface area (Å²) in [6.45, 7) is 2.43. The number of carbonyl (C=O) groups is 2. The van der Waals surface area contributed by atoms with Gasteiger partial charge in [0.15, 0.2) is 4.90 Å². The smallest absolute Gasteiger partial charge is 0.414 e. The van der Waals surface area contributed by atoms with E-state index in [0.29, 0.717) is 32.7 Å². The molecule has 1 saturated heterocycles. The molecular weight excluding hydrogens is 458 g/mol. The fourth-order valence-corrected chi connectivity index (χ4v) is 4.66. The van der Waals surface area contributed by atoms with Crippen LogP contribution in [-0.4, -0.2) is 78.0 Å². The monoisotopic (exact) mass is 481 g/mol. The highest BCUT2D eigenvalue weighted by Gasteiger charge is 2.33. The normalized spacial score (nSPS) is 14.6. The lowest BCUT2D eigenvalue weighted by atomic mass is 10.2. The average molecular weight is 481 g/mol. The number of hydrogen-bond acceptors (Lipinski definition) is 8. The molecule has 178 valence electrons. The fraction of sp³-hybridized carbons (Fsp3) is 0.300. The Labute approximate surface area is 189 Å². The third kappa shape index (κ3) is 6.97. The van der Waals surface area contributed by atoms with Crippen LogP contribution in [0.25, 0.3) is 0 Å². The maximum absolute atomic E-state index is 12.8. The number of rotatable bonds is 6. The maximum atomic E-state index is 12.8. The summed E-state index contributed by atoms with van der Waals surface area (Å²) in [5, 5.41) is 25.9. The van der Waals surface area contributed by atoms with Crippen LogP contribution in [0, 0.1) is 10.1 Å². The summed E-state index contributed by atoms with van der Waals surface area (Å²) in [6, 6.07) is 13.2. The van der Waals surface area contributed by atoms with Crippen molar-refractivity contribution in [1.82, 2.24) is 9.21 Å². The third-order valence-corrected chi connectivity index (χ3v) is 6.71. The number of carboxylic acids is 2. The number of carboxylic acid groups (broad SMARTS) is 2. The molecule has 13 heteroatoms. The van der Waals surface area contributed by atoms with Crippen LogP contribution in [0.1, 0.15) is 5.56 Å². The average Bonchev–Trinajstić information content (AvgIpc) is 2.80. The summed E-state index contributed by atoms with van der Waals surface area (Å²) in [6.07, 6.45) is 0. The molecule has 0 aromatic heterocycles. The van der Waals surface area contributed by atoms with Gasteiger partial charge in [0.25, 0.3) is 5.69 Å². The minimum absolute atomic E-state index is 0.251. The minimum atomic E-state index is -3.89. The summed E-state index contributed by atoms with van der Waals surface area (Å²) < 4.78 is 32.1. The van der Waals surface area contributed by atoms with Gasteiger partial charge < -0.3 is 14.9 Å². The molecule has 0 saturated carbocycles. The number of ether oxygens (including phenoxy) is 1. The van der Waals surface area contributed by atoms with Gasteiger partial charge in [0, 0.05) is 38.8 Å². The second-order valence-electron chi connectivity index (χ2n) is 6.86. The first-order valence-electron chi connectivity index (χ1n) is 9.61. The summed E-state index contributed by atoms with van der Waals surface area (Å²) in [5.74, 6) is -2.86. The summed E-state index contributed by atoms with van der Waals surface area (Å²) >= 11 is 0. The van der Waals surface area contributed by atoms with Crippen molar-refractivity contribution in [2.45, 2.75) is 11.4 Å². The molecule has 12 nitrogen and oxygen atoms in total. The van der Waals surface area contributed by atoms with E-state index in [1.54, 1.807) is 7.11 Å². The van der Waals surface area contributed by atoms with Crippen LogP contribution in [0.5, 0.6) is 5.75 Å². The Morgan fingerprint density at radius 1 is 1.00 bits per heavy atom. The lowest BCUT2D eigenvalue weighted by molar-refractivity contribution is -0.387. The van der Waals surface area contributed by atoms with Crippen LogP contribution in [0.2, 0.25) is 0 Å². The van der Waals surface area contributed by atoms with Gasteiger partial charge in [-0.15, -0.1) is 0 Å². The molecule has 2 aromatic carbocycles. The van der Waals surface area contributed by atoms with Crippen molar-refractivity contribution < 1.29 is 37.9 Å². The number of piperazine rings is 1. The van der Waals surface area contributed by atoms with E-state index in [2.05, 4.69) is 4.90 Å². The SMILES string of the molecule is COc1ccc(CN2CCN(S(=O)(=O)c3ccccc3[N+](=O)[O-])CC2)cc1.O=C(O)C(=O)O. The Kier molecular flexibility index (Phi) is 8.85. The van der Waals surface area contributed by atoms with Crippen molar-refractivity contribution in [3.05, 3.63) is 64.2 Å². The Morgan fingerprint density at radius 2 is 1.55 bits per heavy atom. The Balaban J connectivity index is 0.000000569. The number of nitro groups is 1. The van der Waals surface area contributed by atoms with Crippen LogP contribution in [0.3, 0.4) is 0 Å². The highest BCUT2D eigenvalue weighted by Crippen LogP contribution is 2.27. The van der Waals surface area contributed by atoms with Crippen molar-refractivity contribution in [2.75, 3.05) is 33.3 Å². The number of nitro benzene ring substituents is 1. The molecule has 1 heterocycles. The Morgan fingerprint density at radius 3 is 2.03 bits per heavy atom. The van der Waals surface area contributed by atoms with Gasteiger partial charge in [-0.2, -0.15) is 4.31 Å². The Bertz CT molecular complexity index is 1080. The second-order valence-corrected chi connectivity index (χ2v) is 8.77. The van der Waals surface area contributed by atoms with E-state index in [9.17, 15) is 18.5 Å². The Hall–Kier alpha value is -3.55. The van der Waals surface area contributed by atoms with Crippen molar-refractivity contribution >= 4 is 27.6 Å². The number of aliphatic carboxylic acids is 2. The molecule has 1 fully saturated rings. The third-order valence-electron chi connectivity index (χ3n) is 4.76. The van der Waals surface area contributed by atoms with E-state index in [0.717, 1.165) is 11.3 Å². The lowest BCUT2D eigenvalue weighted by Gasteiger charge is -2.33. The molecule has 0 amide bonds. The van der Waals surface area contributed by atoms with E-state index in [-0.39, 0.29) is 4.90 Å². The standard InChI is InChI=1S/C18H21N3O5S.C2H2O4/c1-26-16-8-6-15(7-9-16)14-19-10-12-20(13-11-19)27(24,25)18-5-3-2-4-17(18)21(22)23;3-1(4)2(5)6/h2-9H,10-14H2,1H3;(H,3,4)(H,5,6). The predicted octanol–water partition coefficient (Wildman–Crippen LogP) is 1.27. The van der Waals surface area contributed by atoms with Gasteiger partial charge in [0.1, 0.15) is 5.75 Å². The minimum Gasteiger partial charge on any atom is -0.497 e. The second kappa shape index (κ2) is 11.4. The first-order valence-corrected chi connectivity index (χ1v) is 11.1. The molecule has 2 aromatic rings. The zero-order chi connectivity index (χ0) is 24.6. The number of benzene rings is 2. The van der Waals surface area contributed by atoms with Gasteiger partial charge in [0.2, 0.25) is 10.0 Å². The van der Waals surface area contributed by atoms with Gasteiger partial charge in [-0.25, -0.2) is 18.0 Å². The molecule has 1 aliphatic heterocycles. The van der Waals surface area contributed by atoms with E-state index < -0.39 is 32.6 Å². The van der Waals surface area contributed by atoms with Gasteiger partial charge >= 0.3 is 11.9 Å². The van der Waals surface area contributed by atoms with Crippen molar-refractivity contribution in [1.29, 1.82) is 0 Å². The maximum Gasteiger partial charge on any atom is 0.414 e. The van der Waals surface area contributed by atoms with Crippen molar-refractivity contribution in [3.8, 4) is 5.75 Å². The van der Waals surface area contributed by atoms with Crippen LogP contribution in [-0.2, 0) is 26.2 Å². The molecule has 0 unspecified atom stereocenters. The largest absolute Gasteiger partial charge is 0.497 e. The highest BCUT2D eigenvalue weighted by molar-refractivity contribution is 7.89. The number of sulfonamides is 1. The number of nitrogens with zero attached hydrogens (tertiary/aromatic N) is 3. The molecule has 2 N–H and O–H groups in total. The highest BCUT2D eigenvalue weighted by atomic mass is 32.2. The zero-order valence-corrected chi connectivity index (χ0v) is 18.5. The quantitative estimate of drug-likeness (QED) is 0.348. The molecule has 3 rings (SSSR count). The summed E-state index contributed by atoms with van der Waals surface area (Å²) in [5.41, 5.74) is 0.726. The molecule has 0 spiro atoms. The topological polar surface area (TPSA) is 168 Å². The van der Waals surface area contributed by atoms with Crippen molar-refractivity contribution in [3.63, 3.8) is 0 Å². The molecule has 0 atom stereocenters. The van der Waals surface area contributed by atoms with Crippen LogP contribution >= 0.6 is 0 Å². The number of hydrogen-bond donors (Lipinski definition) is 2. The fourth-order valence-electron chi connectivity index (χ4n) is 3.08. The number of methoxy groups -OCH3 is 1. The predicted molar refractivity (Wildman–Crippen MR) is 115 cm³/mol. The first kappa shape index (κ1) is 25.7. The molecule has 33 heavy (non-hydrogen) atoms.